The minimum atomic E-state index is -0.560. The summed E-state index contributed by atoms with van der Waals surface area (Å²) in [5.41, 5.74) is 1.89. The van der Waals surface area contributed by atoms with Crippen molar-refractivity contribution in [3.8, 4) is 11.5 Å². The molecule has 0 saturated heterocycles. The van der Waals surface area contributed by atoms with E-state index in [9.17, 15) is 4.79 Å². The predicted molar refractivity (Wildman–Crippen MR) is 119 cm³/mol. The summed E-state index contributed by atoms with van der Waals surface area (Å²) >= 11 is 0. The Bertz CT molecular complexity index is 1160. The number of methoxy groups -OCH3 is 1. The summed E-state index contributed by atoms with van der Waals surface area (Å²) in [6, 6.07) is 24.5. The number of fused-ring (bicyclic) bond motifs is 1. The van der Waals surface area contributed by atoms with Gasteiger partial charge in [-0.1, -0.05) is 42.5 Å². The molecular weight excluding hydrogens is 392 g/mol. The molecule has 0 saturated carbocycles. The number of carbonyl (C=O) groups is 1. The van der Waals surface area contributed by atoms with Gasteiger partial charge in [-0.15, -0.1) is 0 Å². The molecule has 3 aromatic carbocycles. The number of aromatic nitrogens is 2. The van der Waals surface area contributed by atoms with Crippen LogP contribution in [0.4, 0.5) is 10.6 Å². The number of benzene rings is 3. The van der Waals surface area contributed by atoms with Gasteiger partial charge < -0.3 is 20.1 Å². The van der Waals surface area contributed by atoms with Crippen LogP contribution in [0.5, 0.6) is 11.5 Å². The second-order valence-corrected chi connectivity index (χ2v) is 6.76. The van der Waals surface area contributed by atoms with Gasteiger partial charge in [0.05, 0.1) is 19.2 Å². The highest BCUT2D eigenvalue weighted by Crippen LogP contribution is 2.21. The smallest absolute Gasteiger partial charge is 0.412 e. The van der Waals surface area contributed by atoms with Gasteiger partial charge in [0.15, 0.2) is 5.82 Å². The normalized spacial score (nSPS) is 10.5. The first-order valence-electron chi connectivity index (χ1n) is 9.84. The van der Waals surface area contributed by atoms with Crippen molar-refractivity contribution in [1.29, 1.82) is 0 Å². The molecule has 0 aliphatic rings. The summed E-state index contributed by atoms with van der Waals surface area (Å²) in [7, 11) is 1.64. The maximum Gasteiger partial charge on any atom is 0.412 e. The Balaban J connectivity index is 1.47. The van der Waals surface area contributed by atoms with Crippen molar-refractivity contribution < 1.29 is 14.3 Å². The lowest BCUT2D eigenvalue weighted by Crippen LogP contribution is -2.27. The number of para-hydroxylation sites is 2. The molecule has 0 aliphatic carbocycles. The van der Waals surface area contributed by atoms with E-state index in [1.54, 1.807) is 31.4 Å². The van der Waals surface area contributed by atoms with Gasteiger partial charge in [0.25, 0.3) is 0 Å². The van der Waals surface area contributed by atoms with Gasteiger partial charge >= 0.3 is 6.09 Å². The third-order valence-electron chi connectivity index (χ3n) is 4.61. The number of hydrogen-bond acceptors (Lipinski definition) is 6. The van der Waals surface area contributed by atoms with Crippen LogP contribution >= 0.6 is 0 Å². The van der Waals surface area contributed by atoms with Gasteiger partial charge in [-0.05, 0) is 42.0 Å². The number of nitrogens with one attached hydrogen (secondary N) is 2. The fraction of sp³-hybridized carbons (Fsp3) is 0.125. The molecular formula is C24H22N4O3. The van der Waals surface area contributed by atoms with Crippen LogP contribution in [0.15, 0.2) is 78.9 Å². The highest BCUT2D eigenvalue weighted by Gasteiger charge is 2.10. The molecule has 7 heteroatoms. The molecule has 0 radical (unpaired) electrons. The Morgan fingerprint density at radius 1 is 0.839 bits per heavy atom. The van der Waals surface area contributed by atoms with Gasteiger partial charge in [0.2, 0.25) is 0 Å². The van der Waals surface area contributed by atoms with Crippen LogP contribution in [0.3, 0.4) is 0 Å². The molecule has 2 N–H and O–H groups in total. The van der Waals surface area contributed by atoms with Gasteiger partial charge in [-0.2, -0.15) is 0 Å². The maximum atomic E-state index is 12.1. The summed E-state index contributed by atoms with van der Waals surface area (Å²) < 4.78 is 10.4. The average Bonchev–Trinajstić information content (AvgIpc) is 2.82. The highest BCUT2D eigenvalue weighted by atomic mass is 16.6. The SMILES string of the molecule is COc1ccc(CNc2nc(CNC(=O)Oc3ccccc3)nc3ccccc23)cc1. The van der Waals surface area contributed by atoms with E-state index in [0.717, 1.165) is 22.2 Å². The Labute approximate surface area is 180 Å². The van der Waals surface area contributed by atoms with Crippen LogP contribution in [-0.4, -0.2) is 23.2 Å². The zero-order valence-electron chi connectivity index (χ0n) is 17.0. The Morgan fingerprint density at radius 2 is 1.58 bits per heavy atom. The zero-order valence-corrected chi connectivity index (χ0v) is 17.0. The van der Waals surface area contributed by atoms with Crippen molar-refractivity contribution >= 4 is 22.8 Å². The van der Waals surface area contributed by atoms with Gasteiger partial charge in [0, 0.05) is 11.9 Å². The standard InChI is InChI=1S/C24H22N4O3/c1-30-18-13-11-17(12-14-18)15-25-23-20-9-5-6-10-21(20)27-22(28-23)16-26-24(29)31-19-7-3-2-4-8-19/h2-14H,15-16H2,1H3,(H,26,29)(H,25,27,28). The van der Waals surface area contributed by atoms with E-state index in [-0.39, 0.29) is 6.54 Å². The first-order valence-corrected chi connectivity index (χ1v) is 9.84. The molecule has 1 aromatic heterocycles. The number of amides is 1. The van der Waals surface area contributed by atoms with Crippen molar-refractivity contribution in [2.24, 2.45) is 0 Å². The number of anilines is 1. The quantitative estimate of drug-likeness (QED) is 0.462. The third kappa shape index (κ3) is 5.27. The number of ether oxygens (including phenoxy) is 2. The Hall–Kier alpha value is -4.13. The summed E-state index contributed by atoms with van der Waals surface area (Å²) in [6.07, 6.45) is -0.560. The molecule has 4 rings (SSSR count). The van der Waals surface area contributed by atoms with E-state index in [4.69, 9.17) is 9.47 Å². The van der Waals surface area contributed by atoms with Crippen molar-refractivity contribution in [2.45, 2.75) is 13.1 Å². The van der Waals surface area contributed by atoms with Crippen LogP contribution in [0.25, 0.3) is 10.9 Å². The second kappa shape index (κ2) is 9.58. The fourth-order valence-corrected chi connectivity index (χ4v) is 3.05. The fourth-order valence-electron chi connectivity index (χ4n) is 3.05. The number of nitrogens with zero attached hydrogens (tertiary/aromatic N) is 2. The van der Waals surface area contributed by atoms with Crippen LogP contribution in [0.1, 0.15) is 11.4 Å². The van der Waals surface area contributed by atoms with Crippen LogP contribution in [-0.2, 0) is 13.1 Å². The minimum absolute atomic E-state index is 0.147. The first kappa shape index (κ1) is 20.2. The molecule has 0 atom stereocenters. The Kier molecular flexibility index (Phi) is 6.23. The molecule has 1 heterocycles. The molecule has 7 nitrogen and oxygen atoms in total. The Morgan fingerprint density at radius 3 is 2.35 bits per heavy atom. The lowest BCUT2D eigenvalue weighted by molar-refractivity contribution is 0.199. The third-order valence-corrected chi connectivity index (χ3v) is 4.61. The molecule has 0 bridgehead atoms. The average molecular weight is 414 g/mol. The lowest BCUT2D eigenvalue weighted by atomic mass is 10.2. The molecule has 1 amide bonds. The van der Waals surface area contributed by atoms with E-state index in [1.807, 2.05) is 54.6 Å². The second-order valence-electron chi connectivity index (χ2n) is 6.76. The largest absolute Gasteiger partial charge is 0.497 e. The highest BCUT2D eigenvalue weighted by molar-refractivity contribution is 5.89. The molecule has 4 aromatic rings. The van der Waals surface area contributed by atoms with Crippen LogP contribution in [0, 0.1) is 0 Å². The lowest BCUT2D eigenvalue weighted by Gasteiger charge is -2.12. The summed E-state index contributed by atoms with van der Waals surface area (Å²) in [6.45, 7) is 0.738. The van der Waals surface area contributed by atoms with Crippen molar-refractivity contribution in [2.75, 3.05) is 12.4 Å². The van der Waals surface area contributed by atoms with E-state index >= 15 is 0 Å². The molecule has 0 unspecified atom stereocenters. The minimum Gasteiger partial charge on any atom is -0.497 e. The topological polar surface area (TPSA) is 85.4 Å². The van der Waals surface area contributed by atoms with Gasteiger partial charge in [-0.3, -0.25) is 0 Å². The molecule has 0 fully saturated rings. The number of rotatable bonds is 7. The predicted octanol–water partition coefficient (Wildman–Crippen LogP) is 4.54. The van der Waals surface area contributed by atoms with Crippen molar-refractivity contribution in [1.82, 2.24) is 15.3 Å². The van der Waals surface area contributed by atoms with E-state index in [2.05, 4.69) is 20.6 Å². The first-order chi connectivity index (χ1) is 15.2. The monoisotopic (exact) mass is 414 g/mol. The summed E-state index contributed by atoms with van der Waals surface area (Å²) in [4.78, 5) is 21.2. The van der Waals surface area contributed by atoms with Crippen LogP contribution in [0.2, 0.25) is 0 Å². The van der Waals surface area contributed by atoms with E-state index < -0.39 is 6.09 Å². The summed E-state index contributed by atoms with van der Waals surface area (Å²) in [5, 5.41) is 6.98. The maximum absolute atomic E-state index is 12.1. The summed E-state index contributed by atoms with van der Waals surface area (Å²) in [5.74, 6) is 2.48. The van der Waals surface area contributed by atoms with Gasteiger partial charge in [-0.25, -0.2) is 14.8 Å². The van der Waals surface area contributed by atoms with E-state index in [1.165, 1.54) is 0 Å². The van der Waals surface area contributed by atoms with Crippen molar-refractivity contribution in [3.63, 3.8) is 0 Å². The molecule has 0 aliphatic heterocycles. The number of hydrogen-bond donors (Lipinski definition) is 2. The molecule has 31 heavy (non-hydrogen) atoms. The number of carbonyl (C=O) groups excluding carboxylic acids is 1. The van der Waals surface area contributed by atoms with E-state index in [0.29, 0.717) is 23.9 Å². The van der Waals surface area contributed by atoms with Gasteiger partial charge in [0.1, 0.15) is 17.3 Å². The van der Waals surface area contributed by atoms with Crippen molar-refractivity contribution in [3.05, 3.63) is 90.3 Å². The molecule has 156 valence electrons. The zero-order chi connectivity index (χ0) is 21.5. The molecule has 0 spiro atoms. The van der Waals surface area contributed by atoms with Crippen LogP contribution < -0.4 is 20.1 Å².